The number of hydrogen-bond acceptors (Lipinski definition) is 3. The molecular formula is C15H15FN2O2. The van der Waals surface area contributed by atoms with Crippen LogP contribution in [0.1, 0.15) is 29.7 Å². The van der Waals surface area contributed by atoms with Crippen molar-refractivity contribution in [2.24, 2.45) is 5.73 Å². The van der Waals surface area contributed by atoms with E-state index < -0.39 is 11.0 Å². The monoisotopic (exact) mass is 274 g/mol. The number of halogens is 1. The topological polar surface area (TPSA) is 69.2 Å². The number of aryl methyl sites for hydroxylation is 1. The minimum Gasteiger partial charge on any atom is -0.320 e. The third kappa shape index (κ3) is 2.83. The van der Waals surface area contributed by atoms with Gasteiger partial charge in [-0.3, -0.25) is 10.1 Å². The van der Waals surface area contributed by atoms with E-state index in [-0.39, 0.29) is 11.5 Å². The number of nitro benzene ring substituents is 1. The molecule has 0 saturated carbocycles. The van der Waals surface area contributed by atoms with Crippen molar-refractivity contribution in [2.75, 3.05) is 0 Å². The van der Waals surface area contributed by atoms with E-state index in [9.17, 15) is 14.5 Å². The zero-order chi connectivity index (χ0) is 14.7. The van der Waals surface area contributed by atoms with E-state index in [1.54, 1.807) is 18.2 Å². The molecule has 0 saturated heterocycles. The normalized spacial score (nSPS) is 12.2. The Morgan fingerprint density at radius 3 is 2.45 bits per heavy atom. The fourth-order valence-corrected chi connectivity index (χ4v) is 2.16. The van der Waals surface area contributed by atoms with E-state index >= 15 is 0 Å². The summed E-state index contributed by atoms with van der Waals surface area (Å²) in [6, 6.07) is 10.0. The van der Waals surface area contributed by atoms with Crippen molar-refractivity contribution in [1.82, 2.24) is 0 Å². The molecule has 2 aromatic carbocycles. The quantitative estimate of drug-likeness (QED) is 0.686. The van der Waals surface area contributed by atoms with Crippen LogP contribution in [-0.2, 0) is 6.42 Å². The fourth-order valence-electron chi connectivity index (χ4n) is 2.16. The number of rotatable bonds is 4. The van der Waals surface area contributed by atoms with E-state index in [0.717, 1.165) is 17.5 Å². The number of nitrogens with two attached hydrogens (primary N) is 1. The summed E-state index contributed by atoms with van der Waals surface area (Å²) >= 11 is 0. The molecule has 0 fully saturated rings. The van der Waals surface area contributed by atoms with Crippen LogP contribution < -0.4 is 5.73 Å². The lowest BCUT2D eigenvalue weighted by Gasteiger charge is -2.16. The molecule has 20 heavy (non-hydrogen) atoms. The molecule has 0 aromatic heterocycles. The lowest BCUT2D eigenvalue weighted by atomic mass is 9.93. The molecule has 0 aliphatic rings. The van der Waals surface area contributed by atoms with Gasteiger partial charge in [0.15, 0.2) is 0 Å². The first-order valence-electron chi connectivity index (χ1n) is 6.31. The molecule has 0 spiro atoms. The average Bonchev–Trinajstić information content (AvgIpc) is 2.46. The van der Waals surface area contributed by atoms with Gasteiger partial charge in [0.25, 0.3) is 5.69 Å². The Kier molecular flexibility index (Phi) is 4.10. The minimum absolute atomic E-state index is 0.00904. The first kappa shape index (κ1) is 14.1. The molecule has 0 aliphatic carbocycles. The van der Waals surface area contributed by atoms with Gasteiger partial charge in [-0.05, 0) is 35.2 Å². The second kappa shape index (κ2) is 5.79. The third-order valence-electron chi connectivity index (χ3n) is 3.29. The van der Waals surface area contributed by atoms with E-state index in [1.165, 1.54) is 24.3 Å². The summed E-state index contributed by atoms with van der Waals surface area (Å²) in [5.74, 6) is -0.337. The van der Waals surface area contributed by atoms with Gasteiger partial charge in [0.05, 0.1) is 11.0 Å². The molecule has 0 bridgehead atoms. The van der Waals surface area contributed by atoms with Gasteiger partial charge in [-0.1, -0.05) is 25.1 Å². The van der Waals surface area contributed by atoms with Gasteiger partial charge in [-0.25, -0.2) is 4.39 Å². The number of hydrogen-bond donors (Lipinski definition) is 1. The Bertz CT molecular complexity index is 626. The number of nitro groups is 1. The molecule has 0 aliphatic heterocycles. The molecule has 0 heterocycles. The highest BCUT2D eigenvalue weighted by Crippen LogP contribution is 2.27. The maximum absolute atomic E-state index is 12.9. The van der Waals surface area contributed by atoms with Crippen molar-refractivity contribution in [3.8, 4) is 0 Å². The Labute approximate surface area is 116 Å². The van der Waals surface area contributed by atoms with Crippen molar-refractivity contribution in [2.45, 2.75) is 19.4 Å². The summed E-state index contributed by atoms with van der Waals surface area (Å²) in [6.07, 6.45) is 0.724. The Hall–Kier alpha value is -2.27. The van der Waals surface area contributed by atoms with Gasteiger partial charge in [-0.15, -0.1) is 0 Å². The smallest absolute Gasteiger partial charge is 0.269 e. The van der Waals surface area contributed by atoms with Crippen LogP contribution >= 0.6 is 0 Å². The first-order chi connectivity index (χ1) is 9.52. The molecule has 4 nitrogen and oxygen atoms in total. The molecular weight excluding hydrogens is 259 g/mol. The lowest BCUT2D eigenvalue weighted by Crippen LogP contribution is -2.14. The van der Waals surface area contributed by atoms with Gasteiger partial charge in [0.1, 0.15) is 5.82 Å². The van der Waals surface area contributed by atoms with E-state index in [1.807, 2.05) is 6.92 Å². The Morgan fingerprint density at radius 1 is 1.25 bits per heavy atom. The maximum Gasteiger partial charge on any atom is 0.269 e. The van der Waals surface area contributed by atoms with Crippen LogP contribution in [0.25, 0.3) is 0 Å². The highest BCUT2D eigenvalue weighted by molar-refractivity contribution is 5.44. The van der Waals surface area contributed by atoms with Crippen LogP contribution in [0.4, 0.5) is 10.1 Å². The van der Waals surface area contributed by atoms with Crippen molar-refractivity contribution in [3.63, 3.8) is 0 Å². The number of non-ortho nitro benzene ring substituents is 1. The zero-order valence-corrected chi connectivity index (χ0v) is 11.0. The van der Waals surface area contributed by atoms with Gasteiger partial charge in [0, 0.05) is 12.1 Å². The minimum atomic E-state index is -0.509. The lowest BCUT2D eigenvalue weighted by molar-refractivity contribution is -0.384. The molecule has 2 rings (SSSR count). The third-order valence-corrected chi connectivity index (χ3v) is 3.29. The van der Waals surface area contributed by atoms with E-state index in [0.29, 0.717) is 5.56 Å². The largest absolute Gasteiger partial charge is 0.320 e. The highest BCUT2D eigenvalue weighted by atomic mass is 19.1. The highest BCUT2D eigenvalue weighted by Gasteiger charge is 2.16. The molecule has 0 amide bonds. The number of benzene rings is 2. The molecule has 1 atom stereocenters. The van der Waals surface area contributed by atoms with Gasteiger partial charge in [-0.2, -0.15) is 0 Å². The van der Waals surface area contributed by atoms with Gasteiger partial charge in [0.2, 0.25) is 0 Å². The predicted molar refractivity (Wildman–Crippen MR) is 74.9 cm³/mol. The van der Waals surface area contributed by atoms with E-state index in [2.05, 4.69) is 0 Å². The maximum atomic E-state index is 12.9. The fraction of sp³-hybridized carbons (Fsp3) is 0.200. The second-order valence-electron chi connectivity index (χ2n) is 4.52. The zero-order valence-electron chi connectivity index (χ0n) is 11.0. The van der Waals surface area contributed by atoms with Gasteiger partial charge < -0.3 is 5.73 Å². The van der Waals surface area contributed by atoms with Crippen molar-refractivity contribution in [3.05, 3.63) is 75.1 Å². The van der Waals surface area contributed by atoms with Crippen LogP contribution in [0, 0.1) is 15.9 Å². The number of nitrogens with zero attached hydrogens (tertiary/aromatic N) is 1. The van der Waals surface area contributed by atoms with Crippen LogP contribution in [0.15, 0.2) is 42.5 Å². The van der Waals surface area contributed by atoms with Crippen LogP contribution in [0.2, 0.25) is 0 Å². The van der Waals surface area contributed by atoms with Crippen LogP contribution in [0.3, 0.4) is 0 Å². The first-order valence-corrected chi connectivity index (χ1v) is 6.31. The molecule has 2 N–H and O–H groups in total. The molecule has 0 radical (unpaired) electrons. The average molecular weight is 274 g/mol. The van der Waals surface area contributed by atoms with Crippen molar-refractivity contribution >= 4 is 5.69 Å². The molecule has 1 unspecified atom stereocenters. The standard InChI is InChI=1S/C15H15FN2O2/c1-2-10-5-8-13(18(19)20)9-14(10)15(17)11-3-6-12(16)7-4-11/h3-9,15H,2,17H2,1H3. The van der Waals surface area contributed by atoms with Crippen LogP contribution in [0.5, 0.6) is 0 Å². The summed E-state index contributed by atoms with van der Waals surface area (Å²) in [6.45, 7) is 1.96. The Morgan fingerprint density at radius 2 is 1.90 bits per heavy atom. The Balaban J connectivity index is 2.46. The predicted octanol–water partition coefficient (Wildman–Crippen LogP) is 3.34. The van der Waals surface area contributed by atoms with Crippen molar-refractivity contribution < 1.29 is 9.31 Å². The van der Waals surface area contributed by atoms with Crippen molar-refractivity contribution in [1.29, 1.82) is 0 Å². The van der Waals surface area contributed by atoms with Gasteiger partial charge >= 0.3 is 0 Å². The summed E-state index contributed by atoms with van der Waals surface area (Å²) in [4.78, 5) is 10.4. The SMILES string of the molecule is CCc1ccc([N+](=O)[O-])cc1C(N)c1ccc(F)cc1. The molecule has 104 valence electrons. The summed E-state index contributed by atoms with van der Waals surface area (Å²) in [7, 11) is 0. The van der Waals surface area contributed by atoms with E-state index in [4.69, 9.17) is 5.73 Å². The molecule has 5 heteroatoms. The molecule has 2 aromatic rings. The summed E-state index contributed by atoms with van der Waals surface area (Å²) in [5, 5.41) is 10.9. The second-order valence-corrected chi connectivity index (χ2v) is 4.52. The van der Waals surface area contributed by atoms with Crippen LogP contribution in [-0.4, -0.2) is 4.92 Å². The summed E-state index contributed by atoms with van der Waals surface area (Å²) in [5.41, 5.74) is 8.55. The summed E-state index contributed by atoms with van der Waals surface area (Å²) < 4.78 is 12.9.